The summed E-state index contributed by atoms with van der Waals surface area (Å²) in [7, 11) is 0. The minimum absolute atomic E-state index is 0.0167. The second kappa shape index (κ2) is 9.88. The predicted octanol–water partition coefficient (Wildman–Crippen LogP) is 1.32. The standard InChI is InChI=1S/C19H17N7O6/c1-12-6-7-15(16(8-12)26(30)31)22-18(28)10-32-19(29)13-4-2-3-5-14(13)21-17(27)9-25-11-20-23-24-25/h2-8,11H,9-10H2,1H3,(H,21,27)(H,22,28). The largest absolute Gasteiger partial charge is 0.452 e. The molecule has 2 N–H and O–H groups in total. The third-order valence-corrected chi connectivity index (χ3v) is 4.08. The first kappa shape index (κ1) is 22.0. The van der Waals surface area contributed by atoms with E-state index in [-0.39, 0.29) is 29.2 Å². The zero-order chi connectivity index (χ0) is 23.1. The molecule has 0 saturated carbocycles. The summed E-state index contributed by atoms with van der Waals surface area (Å²) in [5.41, 5.74) is 0.550. The summed E-state index contributed by atoms with van der Waals surface area (Å²) in [6.45, 7) is 0.824. The van der Waals surface area contributed by atoms with Crippen molar-refractivity contribution in [2.45, 2.75) is 13.5 Å². The molecule has 0 atom stereocenters. The van der Waals surface area contributed by atoms with Gasteiger partial charge in [-0.1, -0.05) is 18.2 Å². The molecular weight excluding hydrogens is 422 g/mol. The van der Waals surface area contributed by atoms with Crippen LogP contribution in [0, 0.1) is 17.0 Å². The van der Waals surface area contributed by atoms with Crippen LogP contribution in [0.2, 0.25) is 0 Å². The number of anilines is 2. The first-order chi connectivity index (χ1) is 15.3. The second-order valence-corrected chi connectivity index (χ2v) is 6.50. The van der Waals surface area contributed by atoms with Gasteiger partial charge in [0.05, 0.1) is 16.2 Å². The number of carbonyl (C=O) groups is 3. The van der Waals surface area contributed by atoms with Gasteiger partial charge in [-0.3, -0.25) is 19.7 Å². The fourth-order valence-electron chi connectivity index (χ4n) is 2.65. The summed E-state index contributed by atoms with van der Waals surface area (Å²) in [6, 6.07) is 10.4. The number of nitrogens with one attached hydrogen (secondary N) is 2. The van der Waals surface area contributed by atoms with Crippen LogP contribution in [0.15, 0.2) is 48.8 Å². The van der Waals surface area contributed by atoms with Crippen molar-refractivity contribution in [3.05, 3.63) is 70.0 Å². The number of aryl methyl sites for hydroxylation is 1. The number of tetrazole rings is 1. The number of nitro groups is 1. The van der Waals surface area contributed by atoms with Gasteiger partial charge in [-0.15, -0.1) is 5.10 Å². The molecule has 2 aromatic carbocycles. The van der Waals surface area contributed by atoms with Crippen molar-refractivity contribution in [2.24, 2.45) is 0 Å². The van der Waals surface area contributed by atoms with Gasteiger partial charge in [0.25, 0.3) is 11.6 Å². The number of hydrogen-bond acceptors (Lipinski definition) is 9. The van der Waals surface area contributed by atoms with Crippen LogP contribution >= 0.6 is 0 Å². The van der Waals surface area contributed by atoms with Crippen LogP contribution in [-0.2, 0) is 20.9 Å². The Morgan fingerprint density at radius 1 is 1.09 bits per heavy atom. The lowest BCUT2D eigenvalue weighted by Crippen LogP contribution is -2.23. The van der Waals surface area contributed by atoms with Crippen LogP contribution in [0.3, 0.4) is 0 Å². The van der Waals surface area contributed by atoms with Crippen LogP contribution < -0.4 is 10.6 Å². The van der Waals surface area contributed by atoms with Crippen molar-refractivity contribution in [3.8, 4) is 0 Å². The number of esters is 1. The molecule has 0 aliphatic carbocycles. The molecule has 3 aromatic rings. The summed E-state index contributed by atoms with van der Waals surface area (Å²) in [5.74, 6) is -2.11. The number of ether oxygens (including phenoxy) is 1. The number of para-hydroxylation sites is 1. The third kappa shape index (κ3) is 5.69. The number of rotatable bonds is 8. The molecule has 1 aromatic heterocycles. The molecule has 13 heteroatoms. The summed E-state index contributed by atoms with van der Waals surface area (Å²) >= 11 is 0. The number of hydrogen-bond donors (Lipinski definition) is 2. The number of nitro benzene ring substituents is 1. The zero-order valence-corrected chi connectivity index (χ0v) is 16.7. The van der Waals surface area contributed by atoms with Gasteiger partial charge in [0.1, 0.15) is 18.6 Å². The molecule has 0 unspecified atom stereocenters. The van der Waals surface area contributed by atoms with E-state index in [0.717, 1.165) is 0 Å². The smallest absolute Gasteiger partial charge is 0.340 e. The minimum Gasteiger partial charge on any atom is -0.452 e. The molecule has 0 aliphatic rings. The van der Waals surface area contributed by atoms with Gasteiger partial charge in [0.2, 0.25) is 5.91 Å². The molecule has 3 rings (SSSR count). The lowest BCUT2D eigenvalue weighted by Gasteiger charge is -2.11. The predicted molar refractivity (Wildman–Crippen MR) is 110 cm³/mol. The molecular formula is C19H17N7O6. The summed E-state index contributed by atoms with van der Waals surface area (Å²) in [4.78, 5) is 47.3. The van der Waals surface area contributed by atoms with Gasteiger partial charge in [0, 0.05) is 6.07 Å². The van der Waals surface area contributed by atoms with Gasteiger partial charge in [-0.25, -0.2) is 9.48 Å². The molecule has 0 bridgehead atoms. The van der Waals surface area contributed by atoms with Gasteiger partial charge in [0.15, 0.2) is 6.61 Å². The maximum absolute atomic E-state index is 12.4. The fraction of sp³-hybridized carbons (Fsp3) is 0.158. The van der Waals surface area contributed by atoms with E-state index in [0.29, 0.717) is 5.56 Å². The molecule has 0 spiro atoms. The van der Waals surface area contributed by atoms with Crippen LogP contribution in [0.1, 0.15) is 15.9 Å². The van der Waals surface area contributed by atoms with Gasteiger partial charge in [-0.05, 0) is 41.1 Å². The van der Waals surface area contributed by atoms with Gasteiger partial charge >= 0.3 is 5.97 Å². The molecule has 164 valence electrons. The average molecular weight is 439 g/mol. The van der Waals surface area contributed by atoms with Gasteiger partial charge < -0.3 is 15.4 Å². The van der Waals surface area contributed by atoms with Crippen molar-refractivity contribution < 1.29 is 24.0 Å². The molecule has 32 heavy (non-hydrogen) atoms. The topological polar surface area (TPSA) is 171 Å². The Labute approximate surface area is 180 Å². The van der Waals surface area contributed by atoms with Crippen LogP contribution in [0.5, 0.6) is 0 Å². The normalized spacial score (nSPS) is 10.3. The fourth-order valence-corrected chi connectivity index (χ4v) is 2.65. The zero-order valence-electron chi connectivity index (χ0n) is 16.7. The average Bonchev–Trinajstić information content (AvgIpc) is 3.26. The quantitative estimate of drug-likeness (QED) is 0.298. The highest BCUT2D eigenvalue weighted by Crippen LogP contribution is 2.25. The van der Waals surface area contributed by atoms with Crippen molar-refractivity contribution in [2.75, 3.05) is 17.2 Å². The van der Waals surface area contributed by atoms with Crippen LogP contribution in [0.4, 0.5) is 17.1 Å². The molecule has 0 aliphatic heterocycles. The molecule has 13 nitrogen and oxygen atoms in total. The van der Waals surface area contributed by atoms with E-state index >= 15 is 0 Å². The van der Waals surface area contributed by atoms with E-state index in [4.69, 9.17) is 4.74 Å². The SMILES string of the molecule is Cc1ccc(NC(=O)COC(=O)c2ccccc2NC(=O)Cn2cnnn2)c([N+](=O)[O-])c1. The lowest BCUT2D eigenvalue weighted by molar-refractivity contribution is -0.384. The lowest BCUT2D eigenvalue weighted by atomic mass is 10.2. The van der Waals surface area contributed by atoms with Crippen molar-refractivity contribution in [1.82, 2.24) is 20.2 Å². The van der Waals surface area contributed by atoms with Crippen molar-refractivity contribution >= 4 is 34.8 Å². The first-order valence-corrected chi connectivity index (χ1v) is 9.15. The summed E-state index contributed by atoms with van der Waals surface area (Å²) in [6.07, 6.45) is 1.26. The minimum atomic E-state index is -0.864. The van der Waals surface area contributed by atoms with Crippen molar-refractivity contribution in [3.63, 3.8) is 0 Å². The van der Waals surface area contributed by atoms with E-state index in [1.165, 1.54) is 35.3 Å². The number of aromatic nitrogens is 4. The second-order valence-electron chi connectivity index (χ2n) is 6.50. The summed E-state index contributed by atoms with van der Waals surface area (Å²) < 4.78 is 6.20. The number of amides is 2. The Morgan fingerprint density at radius 3 is 2.56 bits per heavy atom. The monoisotopic (exact) mass is 439 g/mol. The van der Waals surface area contributed by atoms with E-state index in [1.54, 1.807) is 25.1 Å². The maximum atomic E-state index is 12.4. The highest BCUT2D eigenvalue weighted by atomic mass is 16.6. The van der Waals surface area contributed by atoms with E-state index in [2.05, 4.69) is 26.2 Å². The van der Waals surface area contributed by atoms with Crippen LogP contribution in [0.25, 0.3) is 0 Å². The highest BCUT2D eigenvalue weighted by molar-refractivity contribution is 6.02. The molecule has 1 heterocycles. The third-order valence-electron chi connectivity index (χ3n) is 4.08. The van der Waals surface area contributed by atoms with Crippen molar-refractivity contribution in [1.29, 1.82) is 0 Å². The molecule has 0 radical (unpaired) electrons. The van der Waals surface area contributed by atoms with E-state index in [1.807, 2.05) is 0 Å². The molecule has 0 saturated heterocycles. The first-order valence-electron chi connectivity index (χ1n) is 9.15. The van der Waals surface area contributed by atoms with Crippen LogP contribution in [-0.4, -0.2) is 49.5 Å². The number of carbonyl (C=O) groups excluding carboxylic acids is 3. The Bertz CT molecular complexity index is 1160. The van der Waals surface area contributed by atoms with E-state index in [9.17, 15) is 24.5 Å². The Morgan fingerprint density at radius 2 is 1.84 bits per heavy atom. The number of benzene rings is 2. The Balaban J connectivity index is 1.61. The molecule has 2 amide bonds. The Hall–Kier alpha value is -4.68. The highest BCUT2D eigenvalue weighted by Gasteiger charge is 2.19. The Kier molecular flexibility index (Phi) is 6.80. The summed E-state index contributed by atoms with van der Waals surface area (Å²) in [5, 5.41) is 26.5. The molecule has 0 fully saturated rings. The van der Waals surface area contributed by atoms with Gasteiger partial charge in [-0.2, -0.15) is 0 Å². The van der Waals surface area contributed by atoms with E-state index < -0.39 is 29.3 Å². The number of nitrogens with zero attached hydrogens (tertiary/aromatic N) is 5. The maximum Gasteiger partial charge on any atom is 0.340 e.